The third kappa shape index (κ3) is 4.82. The van der Waals surface area contributed by atoms with Crippen LogP contribution in [0.25, 0.3) is 0 Å². The summed E-state index contributed by atoms with van der Waals surface area (Å²) < 4.78 is 2.14. The van der Waals surface area contributed by atoms with Crippen LogP contribution < -0.4 is 0 Å². The largest absolute Gasteiger partial charge is 0.337 e. The van der Waals surface area contributed by atoms with Gasteiger partial charge < -0.3 is 4.90 Å². The van der Waals surface area contributed by atoms with Crippen LogP contribution in [-0.4, -0.2) is 57.2 Å². The van der Waals surface area contributed by atoms with Crippen LogP contribution in [0.3, 0.4) is 0 Å². The number of piperidine rings is 1. The molecule has 5 nitrogen and oxygen atoms in total. The summed E-state index contributed by atoms with van der Waals surface area (Å²) in [6, 6.07) is 2.67. The number of aromatic nitrogens is 2. The van der Waals surface area contributed by atoms with Gasteiger partial charge in [-0.05, 0) is 79.5 Å². The molecule has 1 saturated heterocycles. The van der Waals surface area contributed by atoms with Gasteiger partial charge in [0.05, 0.1) is 12.2 Å². The van der Waals surface area contributed by atoms with Crippen molar-refractivity contribution < 1.29 is 4.79 Å². The zero-order valence-corrected chi connectivity index (χ0v) is 16.2. The normalized spacial score (nSPS) is 17.0. The molecule has 1 fully saturated rings. The number of hydrogen-bond acceptors (Lipinski definition) is 3. The summed E-state index contributed by atoms with van der Waals surface area (Å²) in [5, 5.41) is 4.58. The van der Waals surface area contributed by atoms with Gasteiger partial charge >= 0.3 is 0 Å². The highest BCUT2D eigenvalue weighted by Crippen LogP contribution is 2.20. The summed E-state index contributed by atoms with van der Waals surface area (Å²) in [4.78, 5) is 16.9. The Balaban J connectivity index is 1.82. The Kier molecular flexibility index (Phi) is 6.44. The lowest BCUT2D eigenvalue weighted by atomic mass is 9.96. The smallest absolute Gasteiger partial charge is 0.237 e. The van der Waals surface area contributed by atoms with Crippen molar-refractivity contribution in [3.63, 3.8) is 0 Å². The third-order valence-electron chi connectivity index (χ3n) is 5.00. The van der Waals surface area contributed by atoms with E-state index in [1.54, 1.807) is 0 Å². The van der Waals surface area contributed by atoms with Crippen LogP contribution in [0.5, 0.6) is 0 Å². The van der Waals surface area contributed by atoms with Crippen molar-refractivity contribution in [1.82, 2.24) is 19.6 Å². The predicted molar refractivity (Wildman–Crippen MR) is 98.0 cm³/mol. The fraction of sp³-hybridized carbons (Fsp3) is 0.789. The molecule has 0 unspecified atom stereocenters. The van der Waals surface area contributed by atoms with Crippen LogP contribution >= 0.6 is 0 Å². The van der Waals surface area contributed by atoms with E-state index in [0.717, 1.165) is 38.2 Å². The van der Waals surface area contributed by atoms with Gasteiger partial charge in [0.2, 0.25) is 5.91 Å². The van der Waals surface area contributed by atoms with Crippen LogP contribution in [-0.2, 0) is 11.3 Å². The summed E-state index contributed by atoms with van der Waals surface area (Å²) in [5.41, 5.74) is 2.34. The van der Waals surface area contributed by atoms with E-state index in [9.17, 15) is 4.79 Å². The predicted octanol–water partition coefficient (Wildman–Crippen LogP) is 2.86. The number of amides is 1. The molecule has 1 aliphatic heterocycles. The summed E-state index contributed by atoms with van der Waals surface area (Å²) in [6.45, 7) is 16.1. The van der Waals surface area contributed by atoms with Gasteiger partial charge in [0.25, 0.3) is 0 Å². The maximum absolute atomic E-state index is 12.6. The van der Waals surface area contributed by atoms with E-state index in [0.29, 0.717) is 12.5 Å². The van der Waals surface area contributed by atoms with Gasteiger partial charge in [0.1, 0.15) is 0 Å². The molecule has 1 aliphatic rings. The van der Waals surface area contributed by atoms with Crippen molar-refractivity contribution >= 4 is 5.91 Å². The minimum Gasteiger partial charge on any atom is -0.337 e. The Morgan fingerprint density at radius 2 is 1.79 bits per heavy atom. The van der Waals surface area contributed by atoms with Crippen molar-refractivity contribution in [2.75, 3.05) is 19.6 Å². The Morgan fingerprint density at radius 3 is 2.25 bits per heavy atom. The quantitative estimate of drug-likeness (QED) is 0.803. The fourth-order valence-corrected chi connectivity index (χ4v) is 3.88. The first-order valence-electron chi connectivity index (χ1n) is 9.32. The van der Waals surface area contributed by atoms with E-state index in [2.05, 4.69) is 55.4 Å². The van der Waals surface area contributed by atoms with Gasteiger partial charge in [-0.15, -0.1) is 0 Å². The fourth-order valence-electron chi connectivity index (χ4n) is 3.88. The summed E-state index contributed by atoms with van der Waals surface area (Å²) in [7, 11) is 0. The molecule has 0 saturated carbocycles. The number of hydrogen-bond donors (Lipinski definition) is 0. The van der Waals surface area contributed by atoms with E-state index >= 15 is 0 Å². The lowest BCUT2D eigenvalue weighted by Crippen LogP contribution is -2.48. The van der Waals surface area contributed by atoms with Crippen LogP contribution in [0.15, 0.2) is 6.07 Å². The van der Waals surface area contributed by atoms with E-state index < -0.39 is 0 Å². The van der Waals surface area contributed by atoms with Crippen molar-refractivity contribution in [2.45, 2.75) is 73.0 Å². The molecule has 136 valence electrons. The average molecular weight is 335 g/mol. The summed E-state index contributed by atoms with van der Waals surface area (Å²) in [6.07, 6.45) is 2.30. The standard InChI is InChI=1S/C19H34N4O/c1-14(2)23(15(3)4)19(24)13-21-9-7-18(8-10-21)12-22-17(6)11-16(5)20-22/h11,14-15,18H,7-10,12-13H2,1-6H3. The Morgan fingerprint density at radius 1 is 1.21 bits per heavy atom. The lowest BCUT2D eigenvalue weighted by Gasteiger charge is -2.36. The highest BCUT2D eigenvalue weighted by molar-refractivity contribution is 5.78. The second kappa shape index (κ2) is 8.15. The van der Waals surface area contributed by atoms with Gasteiger partial charge in [-0.3, -0.25) is 14.4 Å². The molecule has 2 rings (SSSR count). The van der Waals surface area contributed by atoms with Crippen molar-refractivity contribution in [3.05, 3.63) is 17.5 Å². The van der Waals surface area contributed by atoms with E-state index in [1.807, 2.05) is 11.8 Å². The van der Waals surface area contributed by atoms with E-state index in [1.165, 1.54) is 5.69 Å². The topological polar surface area (TPSA) is 41.4 Å². The Labute approximate surface area is 147 Å². The SMILES string of the molecule is Cc1cc(C)n(CC2CCN(CC(=O)N(C(C)C)C(C)C)CC2)n1. The molecule has 0 spiro atoms. The first-order valence-corrected chi connectivity index (χ1v) is 9.32. The minimum absolute atomic E-state index is 0.261. The molecule has 0 atom stereocenters. The maximum Gasteiger partial charge on any atom is 0.237 e. The molecular formula is C19H34N4O. The Hall–Kier alpha value is -1.36. The monoisotopic (exact) mass is 334 g/mol. The van der Waals surface area contributed by atoms with Gasteiger partial charge in [-0.25, -0.2) is 0 Å². The molecule has 24 heavy (non-hydrogen) atoms. The molecule has 5 heteroatoms. The lowest BCUT2D eigenvalue weighted by molar-refractivity contribution is -0.136. The molecule has 0 radical (unpaired) electrons. The summed E-state index contributed by atoms with van der Waals surface area (Å²) >= 11 is 0. The van der Waals surface area contributed by atoms with Gasteiger partial charge in [0.15, 0.2) is 0 Å². The maximum atomic E-state index is 12.6. The highest BCUT2D eigenvalue weighted by Gasteiger charge is 2.25. The molecule has 0 bridgehead atoms. The third-order valence-corrected chi connectivity index (χ3v) is 5.00. The van der Waals surface area contributed by atoms with Crippen LogP contribution in [0, 0.1) is 19.8 Å². The average Bonchev–Trinajstić information content (AvgIpc) is 2.78. The second-order valence-electron chi connectivity index (χ2n) is 7.82. The van der Waals surface area contributed by atoms with Gasteiger partial charge in [-0.2, -0.15) is 5.10 Å². The van der Waals surface area contributed by atoms with Gasteiger partial charge in [-0.1, -0.05) is 0 Å². The molecule has 0 aromatic carbocycles. The molecular weight excluding hydrogens is 300 g/mol. The second-order valence-corrected chi connectivity index (χ2v) is 7.82. The summed E-state index contributed by atoms with van der Waals surface area (Å²) in [5.74, 6) is 0.928. The van der Waals surface area contributed by atoms with Gasteiger partial charge in [0, 0.05) is 24.3 Å². The zero-order chi connectivity index (χ0) is 17.9. The van der Waals surface area contributed by atoms with Crippen LogP contribution in [0.2, 0.25) is 0 Å². The first kappa shape index (κ1) is 19.0. The highest BCUT2D eigenvalue weighted by atomic mass is 16.2. The molecule has 1 aromatic heterocycles. The molecule has 1 aromatic rings. The number of nitrogens with zero attached hydrogens (tertiary/aromatic N) is 4. The molecule has 0 N–H and O–H groups in total. The van der Waals surface area contributed by atoms with Crippen LogP contribution in [0.1, 0.15) is 51.9 Å². The Bertz CT molecular complexity index is 534. The van der Waals surface area contributed by atoms with Crippen molar-refractivity contribution in [1.29, 1.82) is 0 Å². The van der Waals surface area contributed by atoms with Crippen LogP contribution in [0.4, 0.5) is 0 Å². The number of likely N-dealkylation sites (tertiary alicyclic amines) is 1. The molecule has 1 amide bonds. The van der Waals surface area contributed by atoms with Crippen molar-refractivity contribution in [3.8, 4) is 0 Å². The number of rotatable bonds is 6. The minimum atomic E-state index is 0.261. The van der Waals surface area contributed by atoms with E-state index in [-0.39, 0.29) is 18.0 Å². The first-order chi connectivity index (χ1) is 11.3. The van der Waals surface area contributed by atoms with E-state index in [4.69, 9.17) is 0 Å². The van der Waals surface area contributed by atoms with Crippen molar-refractivity contribution in [2.24, 2.45) is 5.92 Å². The zero-order valence-electron chi connectivity index (χ0n) is 16.2. The molecule has 2 heterocycles. The molecule has 0 aliphatic carbocycles. The number of carbonyl (C=O) groups excluding carboxylic acids is 1. The number of carbonyl (C=O) groups is 1. The number of aryl methyl sites for hydroxylation is 2.